The van der Waals surface area contributed by atoms with Crippen molar-refractivity contribution in [3.05, 3.63) is 65.6 Å². The zero-order valence-corrected chi connectivity index (χ0v) is 25.6. The number of nitrogens with one attached hydrogen (secondary N) is 2. The van der Waals surface area contributed by atoms with E-state index in [-0.39, 0.29) is 18.7 Å². The topological polar surface area (TPSA) is 130 Å². The van der Waals surface area contributed by atoms with Gasteiger partial charge < -0.3 is 10.2 Å². The number of hydrogen-bond donors (Lipinski definition) is 2. The molecule has 7 rings (SSSR count). The van der Waals surface area contributed by atoms with E-state index in [0.717, 1.165) is 80.0 Å². The molecule has 1 aliphatic carbocycles. The summed E-state index contributed by atoms with van der Waals surface area (Å²) in [6.07, 6.45) is 11.0. The molecule has 4 aliphatic rings. The molecular formula is C34H39N7O4. The molecule has 11 heteroatoms. The molecule has 2 saturated heterocycles. The van der Waals surface area contributed by atoms with Crippen molar-refractivity contribution >= 4 is 29.3 Å². The van der Waals surface area contributed by atoms with Gasteiger partial charge in [0.25, 0.3) is 11.8 Å². The van der Waals surface area contributed by atoms with Crippen LogP contribution in [0.5, 0.6) is 0 Å². The Balaban J connectivity index is 0.871. The molecule has 0 bridgehead atoms. The average molecular weight is 610 g/mol. The highest BCUT2D eigenvalue weighted by Gasteiger charge is 2.44. The lowest BCUT2D eigenvalue weighted by molar-refractivity contribution is -0.136. The van der Waals surface area contributed by atoms with Crippen LogP contribution in [0, 0.1) is 5.92 Å². The van der Waals surface area contributed by atoms with Crippen molar-refractivity contribution in [1.82, 2.24) is 29.9 Å². The van der Waals surface area contributed by atoms with Gasteiger partial charge in [0.1, 0.15) is 6.04 Å². The Labute approximate surface area is 262 Å². The van der Waals surface area contributed by atoms with Crippen LogP contribution in [0.3, 0.4) is 0 Å². The Kier molecular flexibility index (Phi) is 7.95. The molecule has 1 unspecified atom stereocenters. The van der Waals surface area contributed by atoms with Crippen LogP contribution in [0.25, 0.3) is 11.3 Å². The zero-order chi connectivity index (χ0) is 31.1. The third-order valence-electron chi connectivity index (χ3n) is 9.95. The zero-order valence-electron chi connectivity index (χ0n) is 25.6. The number of aromatic nitrogens is 3. The average Bonchev–Trinajstić information content (AvgIpc) is 3.59. The van der Waals surface area contributed by atoms with E-state index in [9.17, 15) is 19.2 Å². The lowest BCUT2D eigenvalue weighted by atomic mass is 9.77. The molecule has 1 aromatic carbocycles. The standard InChI is InChI=1S/C34H39N7O4/c1-39-14-11-22(12-15-39)28-5-2-6-29(37-28)23-19-36-40(20-23)25-16-21(17-25)4-3-13-35-24-7-8-26-27(18-24)34(45)41(33(26)44)30-9-10-31(42)38-32(30)43/h2,5-8,18-22,25,30,35H,3-4,9-17H2,1H3,(H,38,42,43). The molecular weight excluding hydrogens is 570 g/mol. The number of rotatable bonds is 9. The summed E-state index contributed by atoms with van der Waals surface area (Å²) in [6.45, 7) is 3.00. The summed E-state index contributed by atoms with van der Waals surface area (Å²) < 4.78 is 2.11. The predicted molar refractivity (Wildman–Crippen MR) is 168 cm³/mol. The Morgan fingerprint density at radius 2 is 1.78 bits per heavy atom. The van der Waals surface area contributed by atoms with E-state index in [1.807, 2.05) is 6.20 Å². The summed E-state index contributed by atoms with van der Waals surface area (Å²) in [5.41, 5.74) is 4.62. The smallest absolute Gasteiger partial charge is 0.262 e. The van der Waals surface area contributed by atoms with Crippen molar-refractivity contribution in [3.8, 4) is 11.3 Å². The van der Waals surface area contributed by atoms with Gasteiger partial charge in [0, 0.05) is 42.0 Å². The van der Waals surface area contributed by atoms with Gasteiger partial charge in [0.05, 0.1) is 29.1 Å². The van der Waals surface area contributed by atoms with Crippen molar-refractivity contribution in [2.24, 2.45) is 5.92 Å². The number of pyridine rings is 1. The fourth-order valence-electron chi connectivity index (χ4n) is 7.17. The van der Waals surface area contributed by atoms with Gasteiger partial charge in [-0.05, 0) is 101 Å². The molecule has 4 amide bonds. The van der Waals surface area contributed by atoms with Gasteiger partial charge in [0.2, 0.25) is 11.8 Å². The summed E-state index contributed by atoms with van der Waals surface area (Å²) in [4.78, 5) is 58.2. The van der Waals surface area contributed by atoms with Crippen molar-refractivity contribution in [3.63, 3.8) is 0 Å². The first kappa shape index (κ1) is 29.3. The van der Waals surface area contributed by atoms with E-state index in [0.29, 0.717) is 29.0 Å². The van der Waals surface area contributed by atoms with E-state index in [4.69, 9.17) is 4.98 Å². The maximum Gasteiger partial charge on any atom is 0.262 e. The first-order chi connectivity index (χ1) is 21.8. The Morgan fingerprint density at radius 1 is 0.978 bits per heavy atom. The molecule has 234 valence electrons. The molecule has 0 radical (unpaired) electrons. The molecule has 3 fully saturated rings. The second kappa shape index (κ2) is 12.2. The summed E-state index contributed by atoms with van der Waals surface area (Å²) >= 11 is 0. The monoisotopic (exact) mass is 609 g/mol. The number of amides is 4. The molecule has 0 spiro atoms. The normalized spacial score (nSPS) is 24.0. The second-order valence-electron chi connectivity index (χ2n) is 13.0. The molecule has 3 aromatic rings. The Morgan fingerprint density at radius 3 is 2.58 bits per heavy atom. The Bertz CT molecular complexity index is 1640. The molecule has 1 atom stereocenters. The van der Waals surface area contributed by atoms with E-state index < -0.39 is 23.8 Å². The highest BCUT2D eigenvalue weighted by Crippen LogP contribution is 2.40. The summed E-state index contributed by atoms with van der Waals surface area (Å²) in [5.74, 6) is -0.784. The van der Waals surface area contributed by atoms with Crippen LogP contribution in [0.4, 0.5) is 5.69 Å². The van der Waals surface area contributed by atoms with Crippen LogP contribution >= 0.6 is 0 Å². The number of hydrogen-bond acceptors (Lipinski definition) is 8. The molecule has 2 aromatic heterocycles. The van der Waals surface area contributed by atoms with E-state index >= 15 is 0 Å². The number of carbonyl (C=O) groups excluding carboxylic acids is 4. The van der Waals surface area contributed by atoms with Gasteiger partial charge in [-0.1, -0.05) is 6.07 Å². The van der Waals surface area contributed by atoms with Crippen LogP contribution < -0.4 is 10.6 Å². The third kappa shape index (κ3) is 5.88. The summed E-state index contributed by atoms with van der Waals surface area (Å²) in [6, 6.07) is 11.0. The molecule has 11 nitrogen and oxygen atoms in total. The number of fused-ring (bicyclic) bond motifs is 1. The van der Waals surface area contributed by atoms with E-state index in [1.165, 1.54) is 5.69 Å². The van der Waals surface area contributed by atoms with Crippen LogP contribution in [-0.4, -0.2) is 80.9 Å². The van der Waals surface area contributed by atoms with Gasteiger partial charge >= 0.3 is 0 Å². The maximum absolute atomic E-state index is 13.1. The first-order valence-electron chi connectivity index (χ1n) is 16.1. The Hall–Kier alpha value is -4.38. The minimum absolute atomic E-state index is 0.103. The largest absolute Gasteiger partial charge is 0.385 e. The van der Waals surface area contributed by atoms with Gasteiger partial charge in [-0.3, -0.25) is 39.1 Å². The summed E-state index contributed by atoms with van der Waals surface area (Å²) in [5, 5.41) is 10.3. The summed E-state index contributed by atoms with van der Waals surface area (Å²) in [7, 11) is 2.18. The first-order valence-corrected chi connectivity index (χ1v) is 16.1. The number of nitrogens with zero attached hydrogens (tertiary/aromatic N) is 5. The van der Waals surface area contributed by atoms with Crippen LogP contribution in [-0.2, 0) is 9.59 Å². The minimum atomic E-state index is -0.956. The predicted octanol–water partition coefficient (Wildman–Crippen LogP) is 4.00. The number of carbonyl (C=O) groups is 4. The molecule has 2 N–H and O–H groups in total. The lowest BCUT2D eigenvalue weighted by Crippen LogP contribution is -2.54. The minimum Gasteiger partial charge on any atom is -0.385 e. The number of piperidine rings is 2. The SMILES string of the molecule is CN1CCC(c2cccc(-c3cnn(C4CC(CCCNc5ccc6c(c5)C(=O)N(C5CCC(=O)NC5=O)C6=O)C4)c3)n2)CC1. The van der Waals surface area contributed by atoms with Crippen LogP contribution in [0.15, 0.2) is 48.8 Å². The second-order valence-corrected chi connectivity index (χ2v) is 13.0. The number of likely N-dealkylation sites (tertiary alicyclic amines) is 1. The molecule has 3 aliphatic heterocycles. The fourth-order valence-corrected chi connectivity index (χ4v) is 7.17. The van der Waals surface area contributed by atoms with E-state index in [2.05, 4.69) is 56.8 Å². The van der Waals surface area contributed by atoms with Crippen molar-refractivity contribution in [2.45, 2.75) is 69.4 Å². The highest BCUT2D eigenvalue weighted by molar-refractivity contribution is 6.23. The van der Waals surface area contributed by atoms with Crippen molar-refractivity contribution in [1.29, 1.82) is 0 Å². The quantitative estimate of drug-likeness (QED) is 0.275. The van der Waals surface area contributed by atoms with Gasteiger partial charge in [0.15, 0.2) is 0 Å². The van der Waals surface area contributed by atoms with Crippen molar-refractivity contribution in [2.75, 3.05) is 32.0 Å². The van der Waals surface area contributed by atoms with Gasteiger partial charge in [-0.15, -0.1) is 0 Å². The van der Waals surface area contributed by atoms with Crippen molar-refractivity contribution < 1.29 is 19.2 Å². The third-order valence-corrected chi connectivity index (χ3v) is 9.95. The fraction of sp³-hybridized carbons (Fsp3) is 0.471. The van der Waals surface area contributed by atoms with Crippen LogP contribution in [0.1, 0.15) is 89.7 Å². The molecule has 45 heavy (non-hydrogen) atoms. The highest BCUT2D eigenvalue weighted by atomic mass is 16.2. The van der Waals surface area contributed by atoms with E-state index in [1.54, 1.807) is 18.2 Å². The number of imide groups is 2. The van der Waals surface area contributed by atoms with Crippen LogP contribution in [0.2, 0.25) is 0 Å². The lowest BCUT2D eigenvalue weighted by Gasteiger charge is -2.35. The number of benzene rings is 1. The molecule has 1 saturated carbocycles. The van der Waals surface area contributed by atoms with Gasteiger partial charge in [-0.25, -0.2) is 0 Å². The number of anilines is 1. The van der Waals surface area contributed by atoms with Gasteiger partial charge in [-0.2, -0.15) is 5.10 Å². The molecule has 5 heterocycles. The maximum atomic E-state index is 13.1.